The normalized spacial score (nSPS) is 10.8. The zero-order valence-electron chi connectivity index (χ0n) is 13.5. The van der Waals surface area contributed by atoms with Crippen molar-refractivity contribution in [1.82, 2.24) is 19.7 Å². The van der Waals surface area contributed by atoms with E-state index in [0.29, 0.717) is 5.02 Å². The molecule has 0 aliphatic rings. The van der Waals surface area contributed by atoms with Crippen molar-refractivity contribution < 1.29 is 4.74 Å². The molecular formula is C19H15ClN4O. The number of benzene rings is 2. The van der Waals surface area contributed by atoms with Crippen molar-refractivity contribution in [2.24, 2.45) is 0 Å². The molecule has 0 aliphatic carbocycles. The van der Waals surface area contributed by atoms with Crippen LogP contribution in [-0.4, -0.2) is 26.9 Å². The second kappa shape index (κ2) is 6.45. The largest absolute Gasteiger partial charge is 0.497 e. The smallest absolute Gasteiger partial charge is 0.141 e. The van der Waals surface area contributed by atoms with Gasteiger partial charge in [-0.2, -0.15) is 5.10 Å². The molecule has 0 fully saturated rings. The molecule has 0 bridgehead atoms. The van der Waals surface area contributed by atoms with E-state index in [1.807, 2.05) is 59.4 Å². The van der Waals surface area contributed by atoms with E-state index in [2.05, 4.69) is 9.97 Å². The second-order valence-corrected chi connectivity index (χ2v) is 5.86. The Labute approximate surface area is 149 Å². The lowest BCUT2D eigenvalue weighted by molar-refractivity contribution is 0.414. The molecule has 2 aromatic heterocycles. The Hall–Kier alpha value is -3.05. The van der Waals surface area contributed by atoms with Gasteiger partial charge in [-0.05, 0) is 30.3 Å². The number of rotatable bonds is 4. The van der Waals surface area contributed by atoms with Crippen LogP contribution in [-0.2, 0) is 0 Å². The summed E-state index contributed by atoms with van der Waals surface area (Å²) in [6.45, 7) is 0. The van der Waals surface area contributed by atoms with E-state index < -0.39 is 0 Å². The standard InChI is InChI=1S/C19H15ClN4O/c1-25-14-8-6-13(7-9-14)24-12-16(19-21-10-11-22-19)18(23-24)15-4-2-3-5-17(15)20/h2-12H,1H3,(H,21,22). The molecule has 6 heteroatoms. The van der Waals surface area contributed by atoms with Crippen LogP contribution >= 0.6 is 11.6 Å². The second-order valence-electron chi connectivity index (χ2n) is 5.45. The lowest BCUT2D eigenvalue weighted by Crippen LogP contribution is -1.95. The summed E-state index contributed by atoms with van der Waals surface area (Å²) in [5, 5.41) is 5.40. The van der Waals surface area contributed by atoms with Crippen molar-refractivity contribution in [3.05, 3.63) is 72.1 Å². The number of hydrogen-bond donors (Lipinski definition) is 1. The molecule has 0 spiro atoms. The van der Waals surface area contributed by atoms with Crippen LogP contribution < -0.4 is 4.74 Å². The van der Waals surface area contributed by atoms with Crippen LogP contribution in [0, 0.1) is 0 Å². The summed E-state index contributed by atoms with van der Waals surface area (Å²) < 4.78 is 7.03. The average molecular weight is 351 g/mol. The molecule has 0 atom stereocenters. The maximum absolute atomic E-state index is 6.39. The van der Waals surface area contributed by atoms with Crippen molar-refractivity contribution in [2.75, 3.05) is 7.11 Å². The minimum atomic E-state index is 0.648. The Morgan fingerprint density at radius 2 is 1.84 bits per heavy atom. The quantitative estimate of drug-likeness (QED) is 0.585. The fraction of sp³-hybridized carbons (Fsp3) is 0.0526. The van der Waals surface area contributed by atoms with Crippen LogP contribution in [0.15, 0.2) is 67.1 Å². The number of hydrogen-bond acceptors (Lipinski definition) is 3. The number of methoxy groups -OCH3 is 1. The van der Waals surface area contributed by atoms with Gasteiger partial charge in [0.05, 0.1) is 23.4 Å². The molecule has 2 heterocycles. The molecule has 0 amide bonds. The van der Waals surface area contributed by atoms with Gasteiger partial charge in [0.25, 0.3) is 0 Å². The summed E-state index contributed by atoms with van der Waals surface area (Å²) in [7, 11) is 1.65. The molecule has 5 nitrogen and oxygen atoms in total. The third kappa shape index (κ3) is 2.90. The van der Waals surface area contributed by atoms with Gasteiger partial charge in [-0.25, -0.2) is 9.67 Å². The molecule has 0 aliphatic heterocycles. The van der Waals surface area contributed by atoms with Crippen LogP contribution in [0.3, 0.4) is 0 Å². The molecule has 124 valence electrons. The number of imidazole rings is 1. The first-order chi connectivity index (χ1) is 12.3. The Kier molecular flexibility index (Phi) is 3.99. The van der Waals surface area contributed by atoms with Crippen LogP contribution in [0.4, 0.5) is 0 Å². The highest BCUT2D eigenvalue weighted by molar-refractivity contribution is 6.33. The maximum Gasteiger partial charge on any atom is 0.141 e. The van der Waals surface area contributed by atoms with E-state index in [0.717, 1.165) is 34.1 Å². The fourth-order valence-electron chi connectivity index (χ4n) is 2.68. The summed E-state index contributed by atoms with van der Waals surface area (Å²) in [6, 6.07) is 15.4. The zero-order chi connectivity index (χ0) is 17.2. The van der Waals surface area contributed by atoms with Crippen molar-refractivity contribution >= 4 is 11.6 Å². The van der Waals surface area contributed by atoms with Gasteiger partial charge >= 0.3 is 0 Å². The summed E-state index contributed by atoms with van der Waals surface area (Å²) in [6.07, 6.45) is 5.45. The average Bonchev–Trinajstić information content (AvgIpc) is 3.32. The van der Waals surface area contributed by atoms with E-state index in [4.69, 9.17) is 21.4 Å². The Morgan fingerprint density at radius 3 is 2.52 bits per heavy atom. The number of aromatic nitrogens is 4. The highest BCUT2D eigenvalue weighted by Gasteiger charge is 2.17. The van der Waals surface area contributed by atoms with Gasteiger partial charge in [-0.3, -0.25) is 0 Å². The molecule has 0 unspecified atom stereocenters. The van der Waals surface area contributed by atoms with E-state index in [9.17, 15) is 0 Å². The summed E-state index contributed by atoms with van der Waals surface area (Å²) >= 11 is 6.39. The SMILES string of the molecule is COc1ccc(-n2cc(-c3ncc[nH]3)c(-c3ccccc3Cl)n2)cc1. The third-order valence-electron chi connectivity index (χ3n) is 3.93. The Morgan fingerprint density at radius 1 is 1.04 bits per heavy atom. The molecule has 0 radical (unpaired) electrons. The highest BCUT2D eigenvalue weighted by Crippen LogP contribution is 2.34. The number of halogens is 1. The van der Waals surface area contributed by atoms with Crippen molar-refractivity contribution in [2.45, 2.75) is 0 Å². The first-order valence-electron chi connectivity index (χ1n) is 7.75. The monoisotopic (exact) mass is 350 g/mol. The predicted molar refractivity (Wildman–Crippen MR) is 98.1 cm³/mol. The van der Waals surface area contributed by atoms with Crippen LogP contribution in [0.1, 0.15) is 0 Å². The summed E-state index contributed by atoms with van der Waals surface area (Å²) in [4.78, 5) is 7.50. The summed E-state index contributed by atoms with van der Waals surface area (Å²) in [5.41, 5.74) is 3.44. The fourth-order valence-corrected chi connectivity index (χ4v) is 2.90. The van der Waals surface area contributed by atoms with E-state index in [-0.39, 0.29) is 0 Å². The molecule has 0 saturated heterocycles. The molecule has 4 rings (SSSR count). The first-order valence-corrected chi connectivity index (χ1v) is 8.13. The number of aromatic amines is 1. The Bertz CT molecular complexity index is 991. The van der Waals surface area contributed by atoms with Crippen LogP contribution in [0.2, 0.25) is 5.02 Å². The van der Waals surface area contributed by atoms with Crippen molar-refractivity contribution in [1.29, 1.82) is 0 Å². The van der Waals surface area contributed by atoms with E-state index in [1.54, 1.807) is 19.5 Å². The van der Waals surface area contributed by atoms with Crippen molar-refractivity contribution in [3.8, 4) is 34.1 Å². The minimum absolute atomic E-state index is 0.648. The number of H-pyrrole nitrogens is 1. The molecule has 4 aromatic rings. The van der Waals surface area contributed by atoms with E-state index >= 15 is 0 Å². The van der Waals surface area contributed by atoms with E-state index in [1.165, 1.54) is 0 Å². The number of nitrogens with one attached hydrogen (secondary N) is 1. The maximum atomic E-state index is 6.39. The van der Waals surface area contributed by atoms with Crippen molar-refractivity contribution in [3.63, 3.8) is 0 Å². The number of nitrogens with zero attached hydrogens (tertiary/aromatic N) is 3. The lowest BCUT2D eigenvalue weighted by Gasteiger charge is -2.04. The molecule has 2 aromatic carbocycles. The van der Waals surface area contributed by atoms with Gasteiger partial charge in [0.1, 0.15) is 17.3 Å². The Balaban J connectivity index is 1.88. The van der Waals surface area contributed by atoms with Gasteiger partial charge in [0.15, 0.2) is 0 Å². The molecule has 0 saturated carbocycles. The summed E-state index contributed by atoms with van der Waals surface area (Å²) in [5.74, 6) is 1.54. The first kappa shape index (κ1) is 15.5. The minimum Gasteiger partial charge on any atom is -0.497 e. The van der Waals surface area contributed by atoms with Gasteiger partial charge in [-0.15, -0.1) is 0 Å². The van der Waals surface area contributed by atoms with Gasteiger partial charge < -0.3 is 9.72 Å². The van der Waals surface area contributed by atoms with Gasteiger partial charge in [0.2, 0.25) is 0 Å². The van der Waals surface area contributed by atoms with Gasteiger partial charge in [-0.1, -0.05) is 29.8 Å². The third-order valence-corrected chi connectivity index (χ3v) is 4.26. The number of ether oxygens (including phenoxy) is 1. The van der Waals surface area contributed by atoms with Crippen LogP contribution in [0.25, 0.3) is 28.3 Å². The highest BCUT2D eigenvalue weighted by atomic mass is 35.5. The zero-order valence-corrected chi connectivity index (χ0v) is 14.2. The molecule has 25 heavy (non-hydrogen) atoms. The lowest BCUT2D eigenvalue weighted by atomic mass is 10.1. The predicted octanol–water partition coefficient (Wildman–Crippen LogP) is 4.59. The molecular weight excluding hydrogens is 336 g/mol. The van der Waals surface area contributed by atoms with Crippen LogP contribution in [0.5, 0.6) is 5.75 Å². The van der Waals surface area contributed by atoms with Gasteiger partial charge in [0, 0.05) is 24.2 Å². The molecule has 1 N–H and O–H groups in total. The topological polar surface area (TPSA) is 55.7 Å².